The lowest BCUT2D eigenvalue weighted by atomic mass is 10.2. The molecule has 0 bridgehead atoms. The number of thiazole rings is 1. The minimum atomic E-state index is -3.60. The fourth-order valence-corrected chi connectivity index (χ4v) is 5.26. The van der Waals surface area contributed by atoms with Crippen molar-refractivity contribution >= 4 is 26.3 Å². The van der Waals surface area contributed by atoms with Crippen molar-refractivity contribution in [3.8, 4) is 11.4 Å². The van der Waals surface area contributed by atoms with Crippen LogP contribution in [0.5, 0.6) is 0 Å². The van der Waals surface area contributed by atoms with Crippen LogP contribution >= 0.6 is 11.3 Å². The summed E-state index contributed by atoms with van der Waals surface area (Å²) in [5, 5.41) is 6.28. The van der Waals surface area contributed by atoms with Gasteiger partial charge in [-0.3, -0.25) is 0 Å². The first kappa shape index (κ1) is 19.7. The molecule has 2 aromatic carbocycles. The van der Waals surface area contributed by atoms with E-state index in [4.69, 9.17) is 0 Å². The summed E-state index contributed by atoms with van der Waals surface area (Å²) in [4.78, 5) is 5.30. The second-order valence-electron chi connectivity index (χ2n) is 6.75. The van der Waals surface area contributed by atoms with E-state index in [9.17, 15) is 12.8 Å². The summed E-state index contributed by atoms with van der Waals surface area (Å²) in [6.45, 7) is 3.85. The maximum Gasteiger partial charge on any atom is 0.240 e. The van der Waals surface area contributed by atoms with E-state index in [0.29, 0.717) is 28.3 Å². The number of benzene rings is 2. The van der Waals surface area contributed by atoms with Gasteiger partial charge < -0.3 is 0 Å². The zero-order chi connectivity index (χ0) is 20.6. The van der Waals surface area contributed by atoms with E-state index < -0.39 is 10.0 Å². The number of nitrogens with one attached hydrogen (secondary N) is 1. The Morgan fingerprint density at radius 1 is 1.17 bits per heavy atom. The molecule has 0 unspecified atom stereocenters. The molecule has 2 aromatic heterocycles. The van der Waals surface area contributed by atoms with Crippen LogP contribution in [0.15, 0.2) is 52.7 Å². The van der Waals surface area contributed by atoms with Crippen LogP contribution in [0.3, 0.4) is 0 Å². The number of aryl methyl sites for hydroxylation is 2. The van der Waals surface area contributed by atoms with E-state index in [-0.39, 0.29) is 17.3 Å². The molecule has 9 heteroatoms. The number of aromatic nitrogens is 3. The Hall–Kier alpha value is -2.62. The van der Waals surface area contributed by atoms with Crippen molar-refractivity contribution in [1.29, 1.82) is 0 Å². The Labute approximate surface area is 172 Å². The fourth-order valence-electron chi connectivity index (χ4n) is 3.04. The van der Waals surface area contributed by atoms with Crippen molar-refractivity contribution in [2.75, 3.05) is 6.54 Å². The van der Waals surface area contributed by atoms with Gasteiger partial charge >= 0.3 is 0 Å². The summed E-state index contributed by atoms with van der Waals surface area (Å²) in [6, 6.07) is 11.7. The number of sulfonamides is 1. The van der Waals surface area contributed by atoms with Crippen LogP contribution in [0.25, 0.3) is 16.3 Å². The quantitative estimate of drug-likeness (QED) is 0.506. The van der Waals surface area contributed by atoms with Crippen LogP contribution in [-0.2, 0) is 16.4 Å². The van der Waals surface area contributed by atoms with E-state index in [1.165, 1.54) is 17.4 Å². The van der Waals surface area contributed by atoms with Gasteiger partial charge in [-0.2, -0.15) is 4.98 Å². The molecule has 29 heavy (non-hydrogen) atoms. The van der Waals surface area contributed by atoms with E-state index >= 15 is 0 Å². The van der Waals surface area contributed by atoms with E-state index in [0.717, 1.165) is 11.3 Å². The average Bonchev–Trinajstić information content (AvgIpc) is 3.25. The third-order valence-corrected chi connectivity index (χ3v) is 7.04. The molecular formula is C20H19FN4O2S2. The zero-order valence-electron chi connectivity index (χ0n) is 15.9. The molecule has 6 nitrogen and oxygen atoms in total. The molecule has 0 aliphatic rings. The standard InChI is InChI=1S/C20H19FN4O2S2/c1-13-7-8-14(2)18(11-13)29(26,27)22-10-9-15-12-28-20-23-19(24-25(15)20)16-5-3-4-6-17(16)21/h3-8,11-12,22H,9-10H2,1-2H3. The molecule has 0 amide bonds. The Balaban J connectivity index is 1.52. The molecule has 2 heterocycles. The highest BCUT2D eigenvalue weighted by Crippen LogP contribution is 2.23. The maximum absolute atomic E-state index is 14.0. The molecule has 4 rings (SSSR count). The van der Waals surface area contributed by atoms with E-state index in [1.807, 2.05) is 18.4 Å². The van der Waals surface area contributed by atoms with Gasteiger partial charge in [0.15, 0.2) is 5.82 Å². The summed E-state index contributed by atoms with van der Waals surface area (Å²) >= 11 is 1.38. The lowest BCUT2D eigenvalue weighted by molar-refractivity contribution is 0.580. The van der Waals surface area contributed by atoms with E-state index in [1.54, 1.807) is 41.8 Å². The summed E-state index contributed by atoms with van der Waals surface area (Å²) in [5.74, 6) is -0.0687. The second kappa shape index (κ2) is 7.66. The van der Waals surface area contributed by atoms with Crippen LogP contribution in [0.2, 0.25) is 0 Å². The monoisotopic (exact) mass is 430 g/mol. The van der Waals surface area contributed by atoms with Gasteiger partial charge in [-0.1, -0.05) is 24.3 Å². The molecule has 150 valence electrons. The van der Waals surface area contributed by atoms with Crippen LogP contribution in [0, 0.1) is 19.7 Å². The van der Waals surface area contributed by atoms with Gasteiger partial charge in [-0.05, 0) is 43.2 Å². The van der Waals surface area contributed by atoms with Crippen molar-refractivity contribution in [2.24, 2.45) is 0 Å². The average molecular weight is 431 g/mol. The number of hydrogen-bond acceptors (Lipinski definition) is 5. The van der Waals surface area contributed by atoms with E-state index in [2.05, 4.69) is 14.8 Å². The normalized spacial score (nSPS) is 12.0. The number of hydrogen-bond donors (Lipinski definition) is 1. The second-order valence-corrected chi connectivity index (χ2v) is 9.33. The highest BCUT2D eigenvalue weighted by molar-refractivity contribution is 7.89. The van der Waals surface area contributed by atoms with Crippen molar-refractivity contribution in [1.82, 2.24) is 19.3 Å². The molecule has 0 aliphatic carbocycles. The van der Waals surface area contributed by atoms with Crippen molar-refractivity contribution in [3.63, 3.8) is 0 Å². The van der Waals surface area contributed by atoms with Crippen molar-refractivity contribution < 1.29 is 12.8 Å². The maximum atomic E-state index is 14.0. The van der Waals surface area contributed by atoms with Gasteiger partial charge in [0.1, 0.15) is 5.82 Å². The van der Waals surface area contributed by atoms with Crippen LogP contribution in [-0.4, -0.2) is 29.6 Å². The Kier molecular flexibility index (Phi) is 5.20. The molecule has 0 spiro atoms. The number of fused-ring (bicyclic) bond motifs is 1. The highest BCUT2D eigenvalue weighted by Gasteiger charge is 2.18. The lowest BCUT2D eigenvalue weighted by Gasteiger charge is -2.10. The first-order valence-electron chi connectivity index (χ1n) is 9.00. The fraction of sp³-hybridized carbons (Fsp3) is 0.200. The highest BCUT2D eigenvalue weighted by atomic mass is 32.2. The Bertz CT molecular complexity index is 1300. The SMILES string of the molecule is Cc1ccc(C)c(S(=O)(=O)NCCc2csc3nc(-c4ccccc4F)nn23)c1. The van der Waals surface area contributed by atoms with Crippen molar-refractivity contribution in [3.05, 3.63) is 70.5 Å². The van der Waals surface area contributed by atoms with Gasteiger partial charge in [0.05, 0.1) is 16.2 Å². The molecule has 0 saturated carbocycles. The summed E-state index contributed by atoms with van der Waals surface area (Å²) < 4.78 is 43.6. The minimum Gasteiger partial charge on any atom is -0.211 e. The molecule has 0 radical (unpaired) electrons. The largest absolute Gasteiger partial charge is 0.240 e. The van der Waals surface area contributed by atoms with Crippen LogP contribution in [0.4, 0.5) is 4.39 Å². The van der Waals surface area contributed by atoms with Gasteiger partial charge in [0.2, 0.25) is 15.0 Å². The molecule has 0 aliphatic heterocycles. The number of nitrogens with zero attached hydrogens (tertiary/aromatic N) is 3. The van der Waals surface area contributed by atoms with Crippen LogP contribution in [0.1, 0.15) is 16.8 Å². The van der Waals surface area contributed by atoms with Gasteiger partial charge in [0.25, 0.3) is 0 Å². The lowest BCUT2D eigenvalue weighted by Crippen LogP contribution is -2.27. The minimum absolute atomic E-state index is 0.219. The topological polar surface area (TPSA) is 76.4 Å². The first-order valence-corrected chi connectivity index (χ1v) is 11.4. The molecule has 0 saturated heterocycles. The Morgan fingerprint density at radius 2 is 1.97 bits per heavy atom. The zero-order valence-corrected chi connectivity index (χ0v) is 17.5. The van der Waals surface area contributed by atoms with Gasteiger partial charge in [0, 0.05) is 18.3 Å². The smallest absolute Gasteiger partial charge is 0.211 e. The molecular weight excluding hydrogens is 411 g/mol. The third kappa shape index (κ3) is 3.93. The van der Waals surface area contributed by atoms with Crippen molar-refractivity contribution in [2.45, 2.75) is 25.2 Å². The van der Waals surface area contributed by atoms with Crippen LogP contribution < -0.4 is 4.72 Å². The first-order chi connectivity index (χ1) is 13.8. The number of halogens is 1. The predicted molar refractivity (Wildman–Crippen MR) is 111 cm³/mol. The Morgan fingerprint density at radius 3 is 2.76 bits per heavy atom. The molecule has 0 atom stereocenters. The molecule has 0 fully saturated rings. The number of rotatable bonds is 6. The molecule has 1 N–H and O–H groups in total. The summed E-state index contributed by atoms with van der Waals surface area (Å²) in [6.07, 6.45) is 0.435. The van der Waals surface area contributed by atoms with Gasteiger partial charge in [-0.25, -0.2) is 22.0 Å². The molecule has 4 aromatic rings. The summed E-state index contributed by atoms with van der Waals surface area (Å²) in [5.41, 5.74) is 2.74. The predicted octanol–water partition coefficient (Wildman–Crippen LogP) is 3.73. The third-order valence-electron chi connectivity index (χ3n) is 4.57. The van der Waals surface area contributed by atoms with Gasteiger partial charge in [-0.15, -0.1) is 16.4 Å². The summed E-state index contributed by atoms with van der Waals surface area (Å²) in [7, 11) is -3.60.